The lowest BCUT2D eigenvalue weighted by Crippen LogP contribution is -2.32. The largest absolute Gasteiger partial charge is 0.396 e. The highest BCUT2D eigenvalue weighted by Crippen LogP contribution is 2.40. The Morgan fingerprint density at radius 2 is 1.73 bits per heavy atom. The maximum atomic E-state index is 13.1. The van der Waals surface area contributed by atoms with E-state index in [9.17, 15) is 9.59 Å². The molecule has 134 valence electrons. The maximum Gasteiger partial charge on any atom is 0.272 e. The smallest absolute Gasteiger partial charge is 0.272 e. The number of aliphatic hydroxyl groups excluding tert-OH is 1. The highest BCUT2D eigenvalue weighted by atomic mass is 35.5. The number of anilines is 1. The fourth-order valence-corrected chi connectivity index (χ4v) is 3.87. The second kappa shape index (κ2) is 7.84. The van der Waals surface area contributed by atoms with E-state index in [-0.39, 0.29) is 6.61 Å². The highest BCUT2D eigenvalue weighted by Gasteiger charge is 2.40. The molecule has 1 heterocycles. The molecule has 1 aliphatic heterocycles. The van der Waals surface area contributed by atoms with Gasteiger partial charge in [-0.3, -0.25) is 9.59 Å². The van der Waals surface area contributed by atoms with E-state index >= 15 is 0 Å². The first-order valence-corrected chi connectivity index (χ1v) is 9.57. The topological polar surface area (TPSA) is 57.6 Å². The van der Waals surface area contributed by atoms with Crippen molar-refractivity contribution in [3.05, 3.63) is 68.5 Å². The molecule has 3 rings (SSSR count). The molecule has 0 spiro atoms. The third-order valence-corrected chi connectivity index (χ3v) is 5.71. The van der Waals surface area contributed by atoms with Crippen molar-refractivity contribution in [2.45, 2.75) is 6.92 Å². The number of thioether (sulfide) groups is 1. The Hall–Kier alpha value is -1.79. The first kappa shape index (κ1) is 19.0. The molecule has 2 aromatic rings. The van der Waals surface area contributed by atoms with Gasteiger partial charge in [-0.05, 0) is 42.3 Å². The minimum atomic E-state index is -0.414. The number of benzene rings is 2. The summed E-state index contributed by atoms with van der Waals surface area (Å²) in [7, 11) is 0. The van der Waals surface area contributed by atoms with Crippen molar-refractivity contribution in [2.24, 2.45) is 0 Å². The van der Waals surface area contributed by atoms with Gasteiger partial charge in [0.25, 0.3) is 11.8 Å². The fraction of sp³-hybridized carbons (Fsp3) is 0.158. The fourth-order valence-electron chi connectivity index (χ4n) is 2.72. The van der Waals surface area contributed by atoms with Gasteiger partial charge in [-0.2, -0.15) is 0 Å². The Balaban J connectivity index is 2.11. The zero-order chi connectivity index (χ0) is 18.8. The molecule has 0 aromatic heterocycles. The van der Waals surface area contributed by atoms with Crippen LogP contribution in [0.5, 0.6) is 0 Å². The number of rotatable bonds is 5. The second-order valence-electron chi connectivity index (χ2n) is 5.61. The molecule has 0 saturated heterocycles. The van der Waals surface area contributed by atoms with Crippen LogP contribution < -0.4 is 4.90 Å². The number of aliphatic hydroxyl groups is 1. The minimum Gasteiger partial charge on any atom is -0.396 e. The summed E-state index contributed by atoms with van der Waals surface area (Å²) in [6.45, 7) is 1.67. The average Bonchev–Trinajstić information content (AvgIpc) is 2.87. The molecule has 0 fully saturated rings. The molecule has 4 nitrogen and oxygen atoms in total. The summed E-state index contributed by atoms with van der Waals surface area (Å²) in [5, 5.41) is 10.2. The third kappa shape index (κ3) is 3.40. The molecule has 26 heavy (non-hydrogen) atoms. The average molecular weight is 408 g/mol. The predicted octanol–water partition coefficient (Wildman–Crippen LogP) is 4.31. The molecular formula is C19H15Cl2NO3S. The van der Waals surface area contributed by atoms with Gasteiger partial charge in [0.05, 0.1) is 22.8 Å². The number of imide groups is 1. The van der Waals surface area contributed by atoms with Gasteiger partial charge in [-0.1, -0.05) is 41.4 Å². The standard InChI is InChI=1S/C19H15Cl2NO3S/c1-11-14(21)3-2-4-15(11)22-18(24)16(12-5-7-13(20)8-6-12)17(19(22)25)26-10-9-23/h2-8,23H,9-10H2,1H3. The molecule has 0 saturated carbocycles. The Morgan fingerprint density at radius 1 is 1.04 bits per heavy atom. The van der Waals surface area contributed by atoms with Crippen molar-refractivity contribution in [1.29, 1.82) is 0 Å². The molecule has 0 unspecified atom stereocenters. The van der Waals surface area contributed by atoms with Gasteiger partial charge in [-0.25, -0.2) is 4.90 Å². The van der Waals surface area contributed by atoms with Crippen molar-refractivity contribution in [3.63, 3.8) is 0 Å². The van der Waals surface area contributed by atoms with Crippen LogP contribution in [0.3, 0.4) is 0 Å². The van der Waals surface area contributed by atoms with Crippen molar-refractivity contribution >= 4 is 58.0 Å². The molecule has 0 bridgehead atoms. The van der Waals surface area contributed by atoms with Crippen LogP contribution in [0.15, 0.2) is 47.4 Å². The van der Waals surface area contributed by atoms with E-state index in [1.807, 2.05) is 0 Å². The highest BCUT2D eigenvalue weighted by molar-refractivity contribution is 8.04. The van der Waals surface area contributed by atoms with Gasteiger partial charge in [-0.15, -0.1) is 11.8 Å². The van der Waals surface area contributed by atoms with Crippen molar-refractivity contribution in [1.82, 2.24) is 0 Å². The van der Waals surface area contributed by atoms with Crippen LogP contribution in [0, 0.1) is 6.92 Å². The quantitative estimate of drug-likeness (QED) is 0.750. The first-order chi connectivity index (χ1) is 12.5. The maximum absolute atomic E-state index is 13.1. The number of halogens is 2. The van der Waals surface area contributed by atoms with E-state index < -0.39 is 11.8 Å². The van der Waals surface area contributed by atoms with E-state index in [1.54, 1.807) is 49.4 Å². The number of hydrogen-bond acceptors (Lipinski definition) is 4. The van der Waals surface area contributed by atoms with E-state index in [2.05, 4.69) is 0 Å². The molecule has 1 N–H and O–H groups in total. The van der Waals surface area contributed by atoms with E-state index in [1.165, 1.54) is 0 Å². The van der Waals surface area contributed by atoms with Gasteiger partial charge in [0.2, 0.25) is 0 Å². The van der Waals surface area contributed by atoms with Crippen molar-refractivity contribution in [2.75, 3.05) is 17.3 Å². The molecule has 0 radical (unpaired) electrons. The van der Waals surface area contributed by atoms with Crippen molar-refractivity contribution in [3.8, 4) is 0 Å². The normalized spacial score (nSPS) is 14.5. The Morgan fingerprint density at radius 3 is 2.38 bits per heavy atom. The summed E-state index contributed by atoms with van der Waals surface area (Å²) in [6, 6.07) is 11.8. The monoisotopic (exact) mass is 407 g/mol. The number of hydrogen-bond donors (Lipinski definition) is 1. The van der Waals surface area contributed by atoms with Gasteiger partial charge >= 0.3 is 0 Å². The van der Waals surface area contributed by atoms with Crippen LogP contribution >= 0.6 is 35.0 Å². The number of carbonyl (C=O) groups is 2. The van der Waals surface area contributed by atoms with Gasteiger partial charge in [0, 0.05) is 15.8 Å². The molecule has 1 aliphatic rings. The van der Waals surface area contributed by atoms with Crippen LogP contribution in [0.25, 0.3) is 5.57 Å². The minimum absolute atomic E-state index is 0.0975. The zero-order valence-electron chi connectivity index (χ0n) is 13.8. The van der Waals surface area contributed by atoms with Crippen LogP contribution in [0.2, 0.25) is 10.0 Å². The summed E-state index contributed by atoms with van der Waals surface area (Å²) >= 11 is 13.3. The number of nitrogens with zero attached hydrogens (tertiary/aromatic N) is 1. The third-order valence-electron chi connectivity index (χ3n) is 3.99. The first-order valence-electron chi connectivity index (χ1n) is 7.83. The lowest BCUT2D eigenvalue weighted by molar-refractivity contribution is -0.119. The van der Waals surface area contributed by atoms with Crippen LogP contribution in [0.1, 0.15) is 11.1 Å². The molecule has 2 aromatic carbocycles. The van der Waals surface area contributed by atoms with Crippen LogP contribution in [0.4, 0.5) is 5.69 Å². The molecular weight excluding hydrogens is 393 g/mol. The Bertz CT molecular complexity index is 910. The molecule has 0 aliphatic carbocycles. The van der Waals surface area contributed by atoms with Gasteiger partial charge < -0.3 is 5.11 Å². The summed E-state index contributed by atoms with van der Waals surface area (Å²) in [6.07, 6.45) is 0. The summed E-state index contributed by atoms with van der Waals surface area (Å²) in [5.74, 6) is -0.514. The molecule has 2 amide bonds. The summed E-state index contributed by atoms with van der Waals surface area (Å²) in [5.41, 5.74) is 2.03. The second-order valence-corrected chi connectivity index (χ2v) is 7.56. The Kier molecular flexibility index (Phi) is 5.73. The van der Waals surface area contributed by atoms with E-state index in [0.717, 1.165) is 16.7 Å². The van der Waals surface area contributed by atoms with Crippen LogP contribution in [-0.2, 0) is 9.59 Å². The van der Waals surface area contributed by atoms with E-state index in [4.69, 9.17) is 28.3 Å². The van der Waals surface area contributed by atoms with Crippen molar-refractivity contribution < 1.29 is 14.7 Å². The molecule has 7 heteroatoms. The SMILES string of the molecule is Cc1c(Cl)cccc1N1C(=O)C(SCCO)=C(c2ccc(Cl)cc2)C1=O. The van der Waals surface area contributed by atoms with Gasteiger partial charge in [0.15, 0.2) is 0 Å². The lowest BCUT2D eigenvalue weighted by atomic mass is 10.1. The number of amides is 2. The van der Waals surface area contributed by atoms with Gasteiger partial charge in [0.1, 0.15) is 0 Å². The zero-order valence-corrected chi connectivity index (χ0v) is 16.2. The Labute approximate surface area is 165 Å². The van der Waals surface area contributed by atoms with Crippen LogP contribution in [-0.4, -0.2) is 29.3 Å². The predicted molar refractivity (Wildman–Crippen MR) is 107 cm³/mol. The number of carbonyl (C=O) groups excluding carboxylic acids is 2. The van der Waals surface area contributed by atoms with E-state index in [0.29, 0.717) is 43.1 Å². The lowest BCUT2D eigenvalue weighted by Gasteiger charge is -2.18. The molecule has 0 atom stereocenters. The summed E-state index contributed by atoms with van der Waals surface area (Å²) < 4.78 is 0. The summed E-state index contributed by atoms with van der Waals surface area (Å²) in [4.78, 5) is 27.6.